The molecule has 0 unspecified atom stereocenters. The Morgan fingerprint density at radius 1 is 1.19 bits per heavy atom. The molecule has 7 nitrogen and oxygen atoms in total. The Morgan fingerprint density at radius 2 is 1.94 bits per heavy atom. The van der Waals surface area contributed by atoms with Crippen LogP contribution in [0.2, 0.25) is 0 Å². The van der Waals surface area contributed by atoms with E-state index in [9.17, 15) is 0 Å². The lowest BCUT2D eigenvalue weighted by Crippen LogP contribution is -2.41. The molecule has 0 aliphatic rings. The van der Waals surface area contributed by atoms with Gasteiger partial charge in [-0.25, -0.2) is 4.99 Å². The van der Waals surface area contributed by atoms with E-state index in [0.29, 0.717) is 13.2 Å². The summed E-state index contributed by atoms with van der Waals surface area (Å²) >= 11 is 1.78. The van der Waals surface area contributed by atoms with Crippen molar-refractivity contribution in [3.05, 3.63) is 63.4 Å². The van der Waals surface area contributed by atoms with E-state index >= 15 is 0 Å². The van der Waals surface area contributed by atoms with Gasteiger partial charge < -0.3 is 19.5 Å². The summed E-state index contributed by atoms with van der Waals surface area (Å²) in [6, 6.07) is 10.5. The monoisotopic (exact) mass is 568 g/mol. The highest BCUT2D eigenvalue weighted by Crippen LogP contribution is 2.16. The summed E-state index contributed by atoms with van der Waals surface area (Å²) in [6.45, 7) is 8.70. The highest BCUT2D eigenvalue weighted by atomic mass is 127. The number of guanidine groups is 1. The smallest absolute Gasteiger partial charge is 0.194 e. The molecular formula is C23H33IN6OS. The quantitative estimate of drug-likeness (QED) is 0.239. The van der Waals surface area contributed by atoms with Crippen molar-refractivity contribution in [2.45, 2.75) is 33.7 Å². The Balaban J connectivity index is 0.00000363. The van der Waals surface area contributed by atoms with Gasteiger partial charge in [-0.05, 0) is 61.9 Å². The van der Waals surface area contributed by atoms with Crippen molar-refractivity contribution in [1.82, 2.24) is 25.0 Å². The molecule has 0 fully saturated rings. The minimum Gasteiger partial charge on any atom is -0.492 e. The zero-order chi connectivity index (χ0) is 22.2. The number of aliphatic imine (C=N–C) groups is 1. The lowest BCUT2D eigenvalue weighted by atomic mass is 10.1. The average molecular weight is 569 g/mol. The lowest BCUT2D eigenvalue weighted by molar-refractivity contribution is 0.281. The molecule has 0 amide bonds. The number of nitrogens with one attached hydrogen (secondary N) is 1. The van der Waals surface area contributed by atoms with Crippen LogP contribution in [0, 0.1) is 20.8 Å². The van der Waals surface area contributed by atoms with Gasteiger partial charge in [0.05, 0.1) is 6.54 Å². The van der Waals surface area contributed by atoms with Crippen LogP contribution in [0.15, 0.2) is 40.7 Å². The fourth-order valence-electron chi connectivity index (χ4n) is 3.22. The maximum Gasteiger partial charge on any atom is 0.194 e. The number of benzene rings is 1. The molecule has 1 aromatic carbocycles. The van der Waals surface area contributed by atoms with Crippen molar-refractivity contribution >= 4 is 41.3 Å². The zero-order valence-electron chi connectivity index (χ0n) is 19.5. The highest BCUT2D eigenvalue weighted by molar-refractivity contribution is 14.0. The molecule has 0 atom stereocenters. The van der Waals surface area contributed by atoms with Crippen LogP contribution in [0.5, 0.6) is 5.75 Å². The molecule has 2 aromatic heterocycles. The lowest BCUT2D eigenvalue weighted by Gasteiger charge is -2.22. The zero-order valence-corrected chi connectivity index (χ0v) is 22.6. The van der Waals surface area contributed by atoms with Gasteiger partial charge in [0.25, 0.3) is 0 Å². The summed E-state index contributed by atoms with van der Waals surface area (Å²) in [5.74, 6) is 3.47. The van der Waals surface area contributed by atoms with Gasteiger partial charge in [0, 0.05) is 25.5 Å². The molecule has 0 saturated carbocycles. The number of likely N-dealkylation sites (N-methyl/N-ethyl adjacent to an activating group) is 1. The molecule has 0 aliphatic carbocycles. The van der Waals surface area contributed by atoms with Crippen molar-refractivity contribution in [1.29, 1.82) is 0 Å². The largest absolute Gasteiger partial charge is 0.492 e. The van der Waals surface area contributed by atoms with Gasteiger partial charge in [0.1, 0.15) is 24.7 Å². The average Bonchev–Trinajstić information content (AvgIpc) is 3.34. The number of ether oxygens (including phenoxy) is 1. The predicted molar refractivity (Wildman–Crippen MR) is 142 cm³/mol. The Labute approximate surface area is 211 Å². The van der Waals surface area contributed by atoms with Gasteiger partial charge in [-0.2, -0.15) is 0 Å². The summed E-state index contributed by atoms with van der Waals surface area (Å²) in [4.78, 5) is 8.25. The molecule has 0 bridgehead atoms. The van der Waals surface area contributed by atoms with E-state index in [-0.39, 0.29) is 24.0 Å². The van der Waals surface area contributed by atoms with Crippen LogP contribution in [-0.2, 0) is 20.0 Å². The van der Waals surface area contributed by atoms with Gasteiger partial charge in [0.2, 0.25) is 0 Å². The van der Waals surface area contributed by atoms with Gasteiger partial charge in [-0.15, -0.1) is 45.5 Å². The third kappa shape index (κ3) is 7.77. The van der Waals surface area contributed by atoms with E-state index in [1.165, 1.54) is 16.0 Å². The van der Waals surface area contributed by atoms with E-state index in [1.54, 1.807) is 11.3 Å². The molecule has 1 N–H and O–H groups in total. The summed E-state index contributed by atoms with van der Waals surface area (Å²) in [6.07, 6.45) is 0.965. The van der Waals surface area contributed by atoms with E-state index < -0.39 is 0 Å². The minimum atomic E-state index is 0. The predicted octanol–water partition coefficient (Wildman–Crippen LogP) is 4.12. The Morgan fingerprint density at radius 3 is 2.56 bits per heavy atom. The van der Waals surface area contributed by atoms with Gasteiger partial charge in [-0.1, -0.05) is 12.1 Å². The van der Waals surface area contributed by atoms with Crippen molar-refractivity contribution in [2.24, 2.45) is 12.0 Å². The summed E-state index contributed by atoms with van der Waals surface area (Å²) in [5, 5.41) is 13.9. The highest BCUT2D eigenvalue weighted by Gasteiger charge is 2.10. The Bertz CT molecular complexity index is 982. The Hall–Kier alpha value is -2.14. The minimum absolute atomic E-state index is 0. The molecule has 9 heteroatoms. The van der Waals surface area contributed by atoms with E-state index in [1.807, 2.05) is 25.6 Å². The van der Waals surface area contributed by atoms with Crippen molar-refractivity contribution in [3.63, 3.8) is 0 Å². The molecule has 0 aliphatic heterocycles. The van der Waals surface area contributed by atoms with Crippen LogP contribution in [0.1, 0.15) is 27.7 Å². The summed E-state index contributed by atoms with van der Waals surface area (Å²) in [7, 11) is 4.00. The number of hydrogen-bond donors (Lipinski definition) is 1. The van der Waals surface area contributed by atoms with Crippen molar-refractivity contribution in [3.8, 4) is 5.75 Å². The second kappa shape index (κ2) is 12.8. The fraction of sp³-hybridized carbons (Fsp3) is 0.435. The number of aryl methyl sites for hydroxylation is 3. The molecule has 0 radical (unpaired) electrons. The first-order valence-corrected chi connectivity index (χ1v) is 11.4. The number of nitrogens with zero attached hydrogens (tertiary/aromatic N) is 5. The topological polar surface area (TPSA) is 67.6 Å². The van der Waals surface area contributed by atoms with Crippen LogP contribution in [0.3, 0.4) is 0 Å². The first-order valence-electron chi connectivity index (χ1n) is 10.5. The van der Waals surface area contributed by atoms with Crippen molar-refractivity contribution in [2.75, 3.05) is 26.7 Å². The maximum absolute atomic E-state index is 5.99. The number of aromatic nitrogens is 3. The number of halogens is 1. The third-order valence-electron chi connectivity index (χ3n) is 5.04. The van der Waals surface area contributed by atoms with Crippen LogP contribution in [0.4, 0.5) is 0 Å². The molecule has 0 spiro atoms. The summed E-state index contributed by atoms with van der Waals surface area (Å²) < 4.78 is 7.96. The standard InChI is InChI=1S/C23H32N6OS.HI/c1-17-13-18(2)15-20(14-17)30-11-10-28(4)23(24-9-8-21-7-6-12-31-21)25-16-22-27-26-19(3)29(22)5;/h6-7,12-15H,8-11,16H2,1-5H3,(H,24,25);1H. The number of hydrogen-bond acceptors (Lipinski definition) is 5. The van der Waals surface area contributed by atoms with Crippen LogP contribution in [0.25, 0.3) is 0 Å². The second-order valence-corrected chi connectivity index (χ2v) is 8.74. The molecule has 0 saturated heterocycles. The molecule has 3 rings (SSSR count). The number of thiophene rings is 1. The van der Waals surface area contributed by atoms with E-state index in [4.69, 9.17) is 9.73 Å². The fourth-order valence-corrected chi connectivity index (χ4v) is 3.93. The maximum atomic E-state index is 5.99. The third-order valence-corrected chi connectivity index (χ3v) is 5.98. The van der Waals surface area contributed by atoms with Gasteiger partial charge in [-0.3, -0.25) is 0 Å². The molecule has 32 heavy (non-hydrogen) atoms. The van der Waals surface area contributed by atoms with Gasteiger partial charge in [0.15, 0.2) is 11.8 Å². The molecule has 3 aromatic rings. The summed E-state index contributed by atoms with van der Waals surface area (Å²) in [5.41, 5.74) is 2.42. The molecule has 174 valence electrons. The van der Waals surface area contributed by atoms with E-state index in [0.717, 1.165) is 42.9 Å². The van der Waals surface area contributed by atoms with E-state index in [2.05, 4.69) is 70.0 Å². The SMILES string of the molecule is Cc1cc(C)cc(OCCN(C)C(=NCc2nnc(C)n2C)NCCc2cccs2)c1.I. The molecule has 2 heterocycles. The first-order chi connectivity index (χ1) is 14.9. The van der Waals surface area contributed by atoms with Gasteiger partial charge >= 0.3 is 0 Å². The number of rotatable bonds is 9. The second-order valence-electron chi connectivity index (χ2n) is 7.71. The Kier molecular flexibility index (Phi) is 10.4. The normalized spacial score (nSPS) is 11.2. The van der Waals surface area contributed by atoms with Crippen molar-refractivity contribution < 1.29 is 4.74 Å². The molecular weight excluding hydrogens is 535 g/mol. The van der Waals surface area contributed by atoms with Crippen LogP contribution in [-0.4, -0.2) is 52.4 Å². The first kappa shape index (κ1) is 26.1. The van der Waals surface area contributed by atoms with Crippen LogP contribution < -0.4 is 10.1 Å². The van der Waals surface area contributed by atoms with Crippen LogP contribution >= 0.6 is 35.3 Å².